The molecule has 3 aromatic heterocycles. The first kappa shape index (κ1) is 21.7. The van der Waals surface area contributed by atoms with E-state index < -0.39 is 0 Å². The second-order valence-corrected chi connectivity index (χ2v) is 9.58. The quantitative estimate of drug-likeness (QED) is 0.442. The van der Waals surface area contributed by atoms with E-state index in [4.69, 9.17) is 16.0 Å². The number of piperidine rings is 1. The molecule has 1 aromatic carbocycles. The molecule has 0 saturated carbocycles. The van der Waals surface area contributed by atoms with Crippen molar-refractivity contribution in [3.05, 3.63) is 70.1 Å². The molecule has 0 unspecified atom stereocenters. The maximum absolute atomic E-state index is 13.2. The number of carbonyl (C=O) groups excluding carboxylic acids is 2. The van der Waals surface area contributed by atoms with Gasteiger partial charge in [-0.05, 0) is 50.1 Å². The predicted octanol–water partition coefficient (Wildman–Crippen LogP) is 4.81. The smallest absolute Gasteiger partial charge is 0.264 e. The van der Waals surface area contributed by atoms with Crippen molar-refractivity contribution in [2.45, 2.75) is 26.3 Å². The third-order valence-corrected chi connectivity index (χ3v) is 7.42. The Morgan fingerprint density at radius 1 is 1.21 bits per heavy atom. The van der Waals surface area contributed by atoms with Gasteiger partial charge in [-0.3, -0.25) is 9.59 Å². The Kier molecular flexibility index (Phi) is 5.95. The van der Waals surface area contributed by atoms with Crippen molar-refractivity contribution >= 4 is 45.0 Å². The molecule has 0 spiro atoms. The molecule has 9 heteroatoms. The lowest BCUT2D eigenvalue weighted by Crippen LogP contribution is -2.42. The van der Waals surface area contributed by atoms with Gasteiger partial charge in [-0.15, -0.1) is 11.3 Å². The van der Waals surface area contributed by atoms with Crippen molar-refractivity contribution in [3.8, 4) is 5.69 Å². The number of para-hydroxylation sites is 1. The second-order valence-electron chi connectivity index (χ2n) is 8.14. The number of hydrogen-bond acceptors (Lipinski definition) is 5. The maximum atomic E-state index is 13.2. The topological polar surface area (TPSA) is 80.4 Å². The molecular weight excluding hydrogens is 460 g/mol. The highest BCUT2D eigenvalue weighted by molar-refractivity contribution is 7.20. The molecule has 4 aromatic rings. The number of likely N-dealkylation sites (tertiary alicyclic amines) is 1. The first-order valence-corrected chi connectivity index (χ1v) is 12.0. The molecule has 0 aliphatic carbocycles. The van der Waals surface area contributed by atoms with Gasteiger partial charge in [0, 0.05) is 24.4 Å². The molecule has 1 fully saturated rings. The number of aryl methyl sites for hydroxylation is 1. The Hall–Kier alpha value is -3.10. The van der Waals surface area contributed by atoms with E-state index in [1.54, 1.807) is 12.3 Å². The molecule has 4 heterocycles. The van der Waals surface area contributed by atoms with Crippen molar-refractivity contribution in [2.75, 3.05) is 13.1 Å². The highest BCUT2D eigenvalue weighted by atomic mass is 35.5. The fourth-order valence-electron chi connectivity index (χ4n) is 4.17. The maximum Gasteiger partial charge on any atom is 0.264 e. The minimum Gasteiger partial charge on any atom is -0.467 e. The third-order valence-electron chi connectivity index (χ3n) is 6.01. The van der Waals surface area contributed by atoms with E-state index in [1.807, 2.05) is 52.9 Å². The van der Waals surface area contributed by atoms with E-state index in [1.165, 1.54) is 11.3 Å². The van der Waals surface area contributed by atoms with E-state index in [-0.39, 0.29) is 17.7 Å². The number of halogens is 1. The number of aromatic nitrogens is 2. The van der Waals surface area contributed by atoms with Crippen LogP contribution >= 0.6 is 22.9 Å². The minimum absolute atomic E-state index is 0.00393. The van der Waals surface area contributed by atoms with Crippen molar-refractivity contribution in [1.82, 2.24) is 20.0 Å². The monoisotopic (exact) mass is 482 g/mol. The first-order chi connectivity index (χ1) is 16.0. The SMILES string of the molecule is Cc1nn(-c2ccccc2Cl)c2sc(C(=O)N3CCC(C(=O)NCc4ccco4)CC3)cc12. The van der Waals surface area contributed by atoms with Crippen LogP contribution in [0.3, 0.4) is 0 Å². The molecule has 0 atom stereocenters. The summed E-state index contributed by atoms with van der Waals surface area (Å²) in [6.07, 6.45) is 2.88. The summed E-state index contributed by atoms with van der Waals surface area (Å²) in [5.74, 6) is 0.639. The zero-order chi connectivity index (χ0) is 22.9. The number of nitrogens with zero attached hydrogens (tertiary/aromatic N) is 3. The summed E-state index contributed by atoms with van der Waals surface area (Å²) in [4.78, 5) is 29.1. The fourth-order valence-corrected chi connectivity index (χ4v) is 5.53. The van der Waals surface area contributed by atoms with Gasteiger partial charge >= 0.3 is 0 Å². The summed E-state index contributed by atoms with van der Waals surface area (Å²) in [6.45, 7) is 3.43. The lowest BCUT2D eigenvalue weighted by Gasteiger charge is -2.31. The molecule has 1 aliphatic heterocycles. The van der Waals surface area contributed by atoms with Gasteiger partial charge in [0.1, 0.15) is 10.6 Å². The highest BCUT2D eigenvalue weighted by Crippen LogP contribution is 2.33. The van der Waals surface area contributed by atoms with Crippen LogP contribution in [-0.2, 0) is 11.3 Å². The van der Waals surface area contributed by atoms with Crippen LogP contribution < -0.4 is 5.32 Å². The molecule has 7 nitrogen and oxygen atoms in total. The number of rotatable bonds is 5. The van der Waals surface area contributed by atoms with Crippen molar-refractivity contribution in [1.29, 1.82) is 0 Å². The standard InChI is InChI=1S/C24H23ClN4O3S/c1-15-18-13-21(33-24(18)29(27-15)20-7-3-2-6-19(20)25)23(31)28-10-8-16(9-11-28)22(30)26-14-17-5-4-12-32-17/h2-7,12-13,16H,8-11,14H2,1H3,(H,26,30). The molecular formula is C24H23ClN4O3S. The number of amides is 2. The van der Waals surface area contributed by atoms with Gasteiger partial charge in [-0.25, -0.2) is 4.68 Å². The van der Waals surface area contributed by atoms with Crippen LogP contribution in [0.15, 0.2) is 53.1 Å². The van der Waals surface area contributed by atoms with Gasteiger partial charge in [0.25, 0.3) is 5.91 Å². The van der Waals surface area contributed by atoms with Gasteiger partial charge < -0.3 is 14.6 Å². The molecule has 0 radical (unpaired) electrons. The lowest BCUT2D eigenvalue weighted by atomic mass is 9.95. The molecule has 2 amide bonds. The normalized spacial score (nSPS) is 14.7. The number of thiophene rings is 1. The van der Waals surface area contributed by atoms with Gasteiger partial charge in [-0.1, -0.05) is 23.7 Å². The van der Waals surface area contributed by atoms with Crippen molar-refractivity contribution in [2.24, 2.45) is 5.92 Å². The molecule has 0 bridgehead atoms. The Labute approximate surface area is 199 Å². The number of carbonyl (C=O) groups is 2. The minimum atomic E-state index is -0.0950. The number of furan rings is 1. The van der Waals surface area contributed by atoms with Crippen molar-refractivity contribution < 1.29 is 14.0 Å². The summed E-state index contributed by atoms with van der Waals surface area (Å²) in [5.41, 5.74) is 1.65. The Morgan fingerprint density at radius 3 is 2.73 bits per heavy atom. The van der Waals surface area contributed by atoms with E-state index in [0.29, 0.717) is 42.4 Å². The average Bonchev–Trinajstić information content (AvgIpc) is 3.56. The van der Waals surface area contributed by atoms with Crippen LogP contribution in [0.2, 0.25) is 5.02 Å². The van der Waals surface area contributed by atoms with Crippen LogP contribution in [0.25, 0.3) is 15.9 Å². The molecule has 170 valence electrons. The fraction of sp³-hybridized carbons (Fsp3) is 0.292. The highest BCUT2D eigenvalue weighted by Gasteiger charge is 2.29. The van der Waals surface area contributed by atoms with Gasteiger partial charge in [-0.2, -0.15) is 5.10 Å². The summed E-state index contributed by atoms with van der Waals surface area (Å²) in [7, 11) is 0. The average molecular weight is 483 g/mol. The summed E-state index contributed by atoms with van der Waals surface area (Å²) in [6, 6.07) is 13.1. The summed E-state index contributed by atoms with van der Waals surface area (Å²) in [5, 5.41) is 9.11. The molecule has 33 heavy (non-hydrogen) atoms. The number of fused-ring (bicyclic) bond motifs is 1. The van der Waals surface area contributed by atoms with E-state index in [2.05, 4.69) is 10.4 Å². The zero-order valence-electron chi connectivity index (χ0n) is 18.1. The van der Waals surface area contributed by atoms with E-state index >= 15 is 0 Å². The van der Waals surface area contributed by atoms with Gasteiger partial charge in [0.05, 0.1) is 34.1 Å². The molecule has 1 aliphatic rings. The Balaban J connectivity index is 1.27. The van der Waals surface area contributed by atoms with Crippen LogP contribution in [0.4, 0.5) is 0 Å². The molecule has 1 N–H and O–H groups in total. The summed E-state index contributed by atoms with van der Waals surface area (Å²) >= 11 is 7.81. The predicted molar refractivity (Wildman–Crippen MR) is 128 cm³/mol. The largest absolute Gasteiger partial charge is 0.467 e. The summed E-state index contributed by atoms with van der Waals surface area (Å²) < 4.78 is 7.07. The number of nitrogens with one attached hydrogen (secondary N) is 1. The molecule has 5 rings (SSSR count). The number of hydrogen-bond donors (Lipinski definition) is 1. The lowest BCUT2D eigenvalue weighted by molar-refractivity contribution is -0.126. The zero-order valence-corrected chi connectivity index (χ0v) is 19.7. The van der Waals surface area contributed by atoms with Crippen LogP contribution in [0.5, 0.6) is 0 Å². The van der Waals surface area contributed by atoms with E-state index in [9.17, 15) is 9.59 Å². The van der Waals surface area contributed by atoms with Crippen LogP contribution in [0, 0.1) is 12.8 Å². The van der Waals surface area contributed by atoms with Gasteiger partial charge in [0.15, 0.2) is 0 Å². The molecule has 1 saturated heterocycles. The third kappa shape index (κ3) is 4.28. The Morgan fingerprint density at radius 2 is 2.00 bits per heavy atom. The van der Waals surface area contributed by atoms with Gasteiger partial charge in [0.2, 0.25) is 5.91 Å². The Bertz CT molecular complexity index is 1300. The first-order valence-electron chi connectivity index (χ1n) is 10.8. The van der Waals surface area contributed by atoms with Crippen LogP contribution in [-0.4, -0.2) is 39.6 Å². The van der Waals surface area contributed by atoms with E-state index in [0.717, 1.165) is 27.4 Å². The number of benzene rings is 1. The second kappa shape index (κ2) is 9.03. The van der Waals surface area contributed by atoms with Crippen LogP contribution in [0.1, 0.15) is 34.0 Å². The van der Waals surface area contributed by atoms with Crippen molar-refractivity contribution in [3.63, 3.8) is 0 Å².